The van der Waals surface area contributed by atoms with Gasteiger partial charge in [0.15, 0.2) is 0 Å². The van der Waals surface area contributed by atoms with Crippen LogP contribution in [0.3, 0.4) is 0 Å². The van der Waals surface area contributed by atoms with E-state index in [9.17, 15) is 0 Å². The van der Waals surface area contributed by atoms with E-state index in [1.165, 1.54) is 25.7 Å². The van der Waals surface area contributed by atoms with Gasteiger partial charge in [0.1, 0.15) is 0 Å². The molecular weight excluding hydrogens is 144 g/mol. The predicted octanol–water partition coefficient (Wildman–Crippen LogP) is 3.70. The lowest BCUT2D eigenvalue weighted by Gasteiger charge is -2.32. The van der Waals surface area contributed by atoms with Gasteiger partial charge in [-0.05, 0) is 37.0 Å². The minimum absolute atomic E-state index is 0.534. The van der Waals surface area contributed by atoms with E-state index in [1.807, 2.05) is 0 Å². The van der Waals surface area contributed by atoms with Crippen LogP contribution in [0.5, 0.6) is 0 Å². The molecule has 0 aromatic rings. The molecule has 2 bridgehead atoms. The average Bonchev–Trinajstić information content (AvgIpc) is 2.30. The lowest BCUT2D eigenvalue weighted by atomic mass is 9.73. The minimum Gasteiger partial charge on any atom is -0.0813 e. The van der Waals surface area contributed by atoms with E-state index in [1.54, 1.807) is 5.57 Å². The monoisotopic (exact) mass is 162 g/mol. The standard InChI is InChI=1S/C12H18/c1-12(2)9-8-10-4-3-5-11(12)7-6-10/h4,6-7,11H,3,5,8-9H2,1-2H3. The van der Waals surface area contributed by atoms with Crippen molar-refractivity contribution in [1.29, 1.82) is 0 Å². The van der Waals surface area contributed by atoms with Crippen LogP contribution < -0.4 is 0 Å². The Hall–Kier alpha value is -0.520. The first-order valence-corrected chi connectivity index (χ1v) is 5.06. The molecule has 1 unspecified atom stereocenters. The predicted molar refractivity (Wildman–Crippen MR) is 53.0 cm³/mol. The molecule has 1 atom stereocenters. The van der Waals surface area contributed by atoms with Crippen LogP contribution >= 0.6 is 0 Å². The molecule has 0 saturated heterocycles. The van der Waals surface area contributed by atoms with Crippen LogP contribution in [-0.4, -0.2) is 0 Å². The molecule has 0 aromatic carbocycles. The zero-order valence-electron chi connectivity index (χ0n) is 8.14. The maximum absolute atomic E-state index is 2.44. The molecule has 0 heterocycles. The Kier molecular flexibility index (Phi) is 1.86. The van der Waals surface area contributed by atoms with Crippen molar-refractivity contribution < 1.29 is 0 Å². The molecule has 0 heteroatoms. The van der Waals surface area contributed by atoms with Crippen LogP contribution in [0.15, 0.2) is 23.8 Å². The molecule has 0 spiro atoms. The summed E-state index contributed by atoms with van der Waals surface area (Å²) < 4.78 is 0. The Bertz CT molecular complexity index is 230. The largest absolute Gasteiger partial charge is 0.0813 e. The number of hydrogen-bond donors (Lipinski definition) is 0. The van der Waals surface area contributed by atoms with E-state index in [4.69, 9.17) is 0 Å². The quantitative estimate of drug-likeness (QED) is 0.509. The van der Waals surface area contributed by atoms with Crippen molar-refractivity contribution in [3.63, 3.8) is 0 Å². The van der Waals surface area contributed by atoms with Gasteiger partial charge in [0.05, 0.1) is 0 Å². The van der Waals surface area contributed by atoms with Crippen molar-refractivity contribution in [1.82, 2.24) is 0 Å². The van der Waals surface area contributed by atoms with E-state index in [0.29, 0.717) is 5.41 Å². The van der Waals surface area contributed by atoms with Crippen molar-refractivity contribution in [3.05, 3.63) is 23.8 Å². The minimum atomic E-state index is 0.534. The Morgan fingerprint density at radius 2 is 2.25 bits per heavy atom. The fourth-order valence-corrected chi connectivity index (χ4v) is 2.34. The second-order valence-corrected chi connectivity index (χ2v) is 4.81. The molecule has 0 aliphatic heterocycles. The number of allylic oxidation sites excluding steroid dienone is 4. The second kappa shape index (κ2) is 2.76. The fourth-order valence-electron chi connectivity index (χ4n) is 2.34. The van der Waals surface area contributed by atoms with Crippen LogP contribution in [-0.2, 0) is 0 Å². The summed E-state index contributed by atoms with van der Waals surface area (Å²) in [5.74, 6) is 0.814. The van der Waals surface area contributed by atoms with Gasteiger partial charge in [-0.25, -0.2) is 0 Å². The summed E-state index contributed by atoms with van der Waals surface area (Å²) in [5, 5.41) is 0. The second-order valence-electron chi connectivity index (χ2n) is 4.81. The average molecular weight is 162 g/mol. The van der Waals surface area contributed by atoms with Crippen LogP contribution in [0.25, 0.3) is 0 Å². The first-order chi connectivity index (χ1) is 5.68. The molecular formula is C12H18. The highest BCUT2D eigenvalue weighted by atomic mass is 14.3. The Balaban J connectivity index is 2.31. The third kappa shape index (κ3) is 1.35. The number of fused-ring (bicyclic) bond motifs is 2. The first-order valence-electron chi connectivity index (χ1n) is 5.06. The maximum Gasteiger partial charge on any atom is -0.0176 e. The van der Waals surface area contributed by atoms with Gasteiger partial charge in [-0.1, -0.05) is 37.6 Å². The number of rotatable bonds is 0. The van der Waals surface area contributed by atoms with E-state index in [0.717, 1.165) is 5.92 Å². The topological polar surface area (TPSA) is 0 Å². The van der Waals surface area contributed by atoms with Gasteiger partial charge in [0.25, 0.3) is 0 Å². The van der Waals surface area contributed by atoms with Gasteiger partial charge in [0.2, 0.25) is 0 Å². The van der Waals surface area contributed by atoms with Crippen LogP contribution in [0.4, 0.5) is 0 Å². The molecule has 12 heavy (non-hydrogen) atoms. The van der Waals surface area contributed by atoms with Gasteiger partial charge < -0.3 is 0 Å². The molecule has 0 nitrogen and oxygen atoms in total. The molecule has 0 aromatic heterocycles. The van der Waals surface area contributed by atoms with Crippen molar-refractivity contribution in [3.8, 4) is 0 Å². The Labute approximate surface area is 75.4 Å². The summed E-state index contributed by atoms with van der Waals surface area (Å²) in [4.78, 5) is 0. The van der Waals surface area contributed by atoms with E-state index >= 15 is 0 Å². The zero-order chi connectivity index (χ0) is 8.60. The summed E-state index contributed by atoms with van der Waals surface area (Å²) in [7, 11) is 0. The van der Waals surface area contributed by atoms with Crippen molar-refractivity contribution >= 4 is 0 Å². The molecule has 0 radical (unpaired) electrons. The van der Waals surface area contributed by atoms with Gasteiger partial charge in [-0.15, -0.1) is 0 Å². The third-order valence-electron chi connectivity index (χ3n) is 3.49. The summed E-state index contributed by atoms with van der Waals surface area (Å²) in [6.07, 6.45) is 12.5. The SMILES string of the molecule is CC1(C)CCC2=CCCC1C=C2. The summed E-state index contributed by atoms with van der Waals surface area (Å²) in [6.45, 7) is 4.83. The summed E-state index contributed by atoms with van der Waals surface area (Å²) in [6, 6.07) is 0. The molecule has 0 saturated carbocycles. The highest BCUT2D eigenvalue weighted by molar-refractivity contribution is 5.24. The van der Waals surface area contributed by atoms with Gasteiger partial charge in [0, 0.05) is 0 Å². The normalized spacial score (nSPS) is 32.5. The molecule has 66 valence electrons. The summed E-state index contributed by atoms with van der Waals surface area (Å²) in [5.41, 5.74) is 2.11. The Morgan fingerprint density at radius 1 is 1.42 bits per heavy atom. The van der Waals surface area contributed by atoms with E-state index in [2.05, 4.69) is 32.1 Å². The van der Waals surface area contributed by atoms with E-state index in [-0.39, 0.29) is 0 Å². The van der Waals surface area contributed by atoms with Crippen molar-refractivity contribution in [2.45, 2.75) is 39.5 Å². The van der Waals surface area contributed by atoms with Crippen LogP contribution in [0, 0.1) is 11.3 Å². The molecule has 2 rings (SSSR count). The maximum atomic E-state index is 2.44. The highest BCUT2D eigenvalue weighted by Gasteiger charge is 2.29. The zero-order valence-corrected chi connectivity index (χ0v) is 8.14. The molecule has 2 aliphatic rings. The smallest absolute Gasteiger partial charge is 0.0176 e. The first kappa shape index (κ1) is 8.10. The van der Waals surface area contributed by atoms with Crippen molar-refractivity contribution in [2.75, 3.05) is 0 Å². The third-order valence-corrected chi connectivity index (χ3v) is 3.49. The van der Waals surface area contributed by atoms with Gasteiger partial charge in [-0.3, -0.25) is 0 Å². The van der Waals surface area contributed by atoms with Crippen LogP contribution in [0.2, 0.25) is 0 Å². The van der Waals surface area contributed by atoms with Crippen LogP contribution in [0.1, 0.15) is 39.5 Å². The highest BCUT2D eigenvalue weighted by Crippen LogP contribution is 2.41. The number of hydrogen-bond acceptors (Lipinski definition) is 0. The molecule has 0 fully saturated rings. The lowest BCUT2D eigenvalue weighted by molar-refractivity contribution is 0.229. The fraction of sp³-hybridized carbons (Fsp3) is 0.667. The van der Waals surface area contributed by atoms with E-state index < -0.39 is 0 Å². The Morgan fingerprint density at radius 3 is 3.08 bits per heavy atom. The molecule has 0 N–H and O–H groups in total. The van der Waals surface area contributed by atoms with Gasteiger partial charge >= 0.3 is 0 Å². The molecule has 2 aliphatic carbocycles. The van der Waals surface area contributed by atoms with Crippen molar-refractivity contribution in [2.24, 2.45) is 11.3 Å². The van der Waals surface area contributed by atoms with Gasteiger partial charge in [-0.2, -0.15) is 0 Å². The molecule has 0 amide bonds. The summed E-state index contributed by atoms with van der Waals surface area (Å²) >= 11 is 0. The lowest BCUT2D eigenvalue weighted by Crippen LogP contribution is -2.21.